The summed E-state index contributed by atoms with van der Waals surface area (Å²) in [6.07, 6.45) is -2.10. The number of alkyl halides is 3. The lowest BCUT2D eigenvalue weighted by Gasteiger charge is -2.50. The van der Waals surface area contributed by atoms with Crippen molar-refractivity contribution in [1.82, 2.24) is 0 Å². The molecule has 3 aromatic rings. The molecule has 0 aliphatic carbocycles. The quantitative estimate of drug-likeness (QED) is 0.410. The second-order valence-electron chi connectivity index (χ2n) is 8.99. The minimum absolute atomic E-state index is 0.0112. The fraction of sp³-hybridized carbons (Fsp3) is 0.250. The summed E-state index contributed by atoms with van der Waals surface area (Å²) in [5.74, 6) is -0.977. The summed E-state index contributed by atoms with van der Waals surface area (Å²) in [5, 5.41) is 18.9. The molecule has 4 nitrogen and oxygen atoms in total. The number of carboxylic acid groups (broad SMARTS) is 1. The average molecular weight is 482 g/mol. The Morgan fingerprint density at radius 3 is 2.26 bits per heavy atom. The van der Waals surface area contributed by atoms with Gasteiger partial charge in [0.15, 0.2) is 5.54 Å². The highest BCUT2D eigenvalue weighted by molar-refractivity contribution is 5.85. The highest BCUT2D eigenvalue weighted by Gasteiger charge is 2.63. The van der Waals surface area contributed by atoms with Gasteiger partial charge in [0.25, 0.3) is 0 Å². The number of aromatic hydroxyl groups is 1. The molecule has 1 aliphatic rings. The molecule has 0 spiro atoms. The molecule has 35 heavy (non-hydrogen) atoms. The van der Waals surface area contributed by atoms with Crippen molar-refractivity contribution in [2.45, 2.75) is 37.9 Å². The molecule has 1 aliphatic heterocycles. The van der Waals surface area contributed by atoms with E-state index < -0.39 is 17.7 Å². The van der Waals surface area contributed by atoms with Crippen LogP contribution in [0.1, 0.15) is 47.6 Å². The van der Waals surface area contributed by atoms with E-state index in [0.29, 0.717) is 23.2 Å². The van der Waals surface area contributed by atoms with Gasteiger partial charge in [-0.2, -0.15) is 13.2 Å². The zero-order chi connectivity index (χ0) is 25.4. The maximum absolute atomic E-state index is 15.4. The fourth-order valence-corrected chi connectivity index (χ4v) is 4.83. The van der Waals surface area contributed by atoms with Gasteiger partial charge in [0.05, 0.1) is 0 Å². The Balaban J connectivity index is 1.96. The molecule has 7 heteroatoms. The number of carboxylic acids is 1. The Hall–Kier alpha value is -3.74. The van der Waals surface area contributed by atoms with Crippen LogP contribution in [0.15, 0.2) is 72.8 Å². The van der Waals surface area contributed by atoms with Crippen LogP contribution in [0.2, 0.25) is 0 Å². The molecule has 3 aromatic carbocycles. The van der Waals surface area contributed by atoms with Crippen molar-refractivity contribution in [3.05, 3.63) is 101 Å². The van der Waals surface area contributed by atoms with Gasteiger partial charge in [0.1, 0.15) is 5.75 Å². The van der Waals surface area contributed by atoms with E-state index in [4.69, 9.17) is 5.11 Å². The smallest absolute Gasteiger partial charge is 0.420 e. The monoisotopic (exact) mass is 481 g/mol. The number of aliphatic carboxylic acids is 1. The molecule has 0 bridgehead atoms. The number of fused-ring (bicyclic) bond motifs is 1. The van der Waals surface area contributed by atoms with Crippen molar-refractivity contribution >= 4 is 17.7 Å². The third kappa shape index (κ3) is 4.38. The molecule has 0 unspecified atom stereocenters. The number of halogens is 3. The Bertz CT molecular complexity index is 1250. The first-order chi connectivity index (χ1) is 16.5. The summed E-state index contributed by atoms with van der Waals surface area (Å²) in [6.45, 7) is 4.15. The van der Waals surface area contributed by atoms with E-state index in [1.807, 2.05) is 26.0 Å². The summed E-state index contributed by atoms with van der Waals surface area (Å²) in [7, 11) is 0. The van der Waals surface area contributed by atoms with Crippen molar-refractivity contribution in [2.24, 2.45) is 0 Å². The van der Waals surface area contributed by atoms with Crippen LogP contribution in [0.3, 0.4) is 0 Å². The Morgan fingerprint density at radius 1 is 1.03 bits per heavy atom. The van der Waals surface area contributed by atoms with Crippen LogP contribution >= 0.6 is 0 Å². The van der Waals surface area contributed by atoms with Gasteiger partial charge >= 0.3 is 12.1 Å². The molecule has 0 radical (unpaired) electrons. The molecular formula is C28H26F3NO3. The molecule has 0 saturated heterocycles. The largest absolute Gasteiger partial charge is 0.508 e. The molecule has 182 valence electrons. The van der Waals surface area contributed by atoms with Gasteiger partial charge in [0, 0.05) is 18.3 Å². The average Bonchev–Trinajstić information content (AvgIpc) is 2.81. The summed E-state index contributed by atoms with van der Waals surface area (Å²) < 4.78 is 46.1. The first-order valence-corrected chi connectivity index (χ1v) is 11.3. The molecule has 0 amide bonds. The first-order valence-electron chi connectivity index (χ1n) is 11.3. The highest BCUT2D eigenvalue weighted by atomic mass is 19.4. The van der Waals surface area contributed by atoms with E-state index in [9.17, 15) is 9.90 Å². The maximum Gasteiger partial charge on any atom is 0.420 e. The minimum atomic E-state index is -4.71. The van der Waals surface area contributed by atoms with Crippen molar-refractivity contribution in [1.29, 1.82) is 0 Å². The molecule has 1 atom stereocenters. The third-order valence-electron chi connectivity index (χ3n) is 6.52. The summed E-state index contributed by atoms with van der Waals surface area (Å²) in [5.41, 5.74) is -0.0328. The van der Waals surface area contributed by atoms with E-state index in [-0.39, 0.29) is 29.3 Å². The summed E-state index contributed by atoms with van der Waals surface area (Å²) in [6, 6.07) is 17.0. The molecule has 0 saturated carbocycles. The predicted octanol–water partition coefficient (Wildman–Crippen LogP) is 6.48. The van der Waals surface area contributed by atoms with Gasteiger partial charge in [0.2, 0.25) is 0 Å². The van der Waals surface area contributed by atoms with Gasteiger partial charge in [-0.05, 0) is 70.5 Å². The lowest BCUT2D eigenvalue weighted by atomic mass is 9.74. The van der Waals surface area contributed by atoms with E-state index in [1.165, 1.54) is 53.4 Å². The Labute approximate surface area is 202 Å². The Morgan fingerprint density at radius 2 is 1.69 bits per heavy atom. The zero-order valence-electron chi connectivity index (χ0n) is 19.4. The topological polar surface area (TPSA) is 60.8 Å². The van der Waals surface area contributed by atoms with Gasteiger partial charge in [-0.25, -0.2) is 4.79 Å². The van der Waals surface area contributed by atoms with Crippen LogP contribution in [0.25, 0.3) is 6.08 Å². The van der Waals surface area contributed by atoms with Crippen LogP contribution in [0.5, 0.6) is 5.75 Å². The molecule has 0 aromatic heterocycles. The lowest BCUT2D eigenvalue weighted by molar-refractivity contribution is -0.179. The van der Waals surface area contributed by atoms with Crippen molar-refractivity contribution in [3.8, 4) is 5.75 Å². The molecule has 4 rings (SSSR count). The summed E-state index contributed by atoms with van der Waals surface area (Å²) in [4.78, 5) is 12.2. The van der Waals surface area contributed by atoms with Gasteiger partial charge < -0.3 is 15.1 Å². The van der Waals surface area contributed by atoms with Gasteiger partial charge in [-0.1, -0.05) is 56.3 Å². The fourth-order valence-electron chi connectivity index (χ4n) is 4.83. The number of rotatable bonds is 5. The van der Waals surface area contributed by atoms with E-state index in [0.717, 1.165) is 11.6 Å². The SMILES string of the molecule is CC(C)c1ccc(N2CCc3cc(O)ccc3[C@]2(c2ccc(/C=C/C(=O)O)cc2)C(F)(F)F)cc1. The predicted molar refractivity (Wildman–Crippen MR) is 130 cm³/mol. The Kier molecular flexibility index (Phi) is 6.36. The number of phenols is 1. The number of benzene rings is 3. The van der Waals surface area contributed by atoms with Crippen molar-refractivity contribution < 1.29 is 28.2 Å². The van der Waals surface area contributed by atoms with E-state index in [2.05, 4.69) is 0 Å². The number of phenolic OH excluding ortho intramolecular Hbond substituents is 1. The van der Waals surface area contributed by atoms with Crippen LogP contribution in [-0.4, -0.2) is 28.9 Å². The standard InChI is InChI=1S/C28H26F3NO3/c1-18(2)20-6-10-23(11-7-20)32-16-15-21-17-24(33)12-13-25(21)27(32,28(29,30)31)22-8-3-19(4-9-22)5-14-26(34)35/h3-14,17-18,33H,15-16H2,1-2H3,(H,34,35)/b14-5+/t27-/m1/s1. The molecule has 2 N–H and O–H groups in total. The van der Waals surface area contributed by atoms with Gasteiger partial charge in [-0.3, -0.25) is 0 Å². The lowest BCUT2D eigenvalue weighted by Crippen LogP contribution is -2.60. The third-order valence-corrected chi connectivity index (χ3v) is 6.52. The number of nitrogens with zero attached hydrogens (tertiary/aromatic N) is 1. The zero-order valence-corrected chi connectivity index (χ0v) is 19.4. The summed E-state index contributed by atoms with van der Waals surface area (Å²) >= 11 is 0. The maximum atomic E-state index is 15.4. The minimum Gasteiger partial charge on any atom is -0.508 e. The van der Waals surface area contributed by atoms with Gasteiger partial charge in [-0.15, -0.1) is 0 Å². The first kappa shape index (κ1) is 24.4. The second kappa shape index (κ2) is 9.13. The van der Waals surface area contributed by atoms with E-state index >= 15 is 13.2 Å². The van der Waals surface area contributed by atoms with Crippen molar-refractivity contribution in [3.63, 3.8) is 0 Å². The number of hydrogen-bond donors (Lipinski definition) is 2. The van der Waals surface area contributed by atoms with Crippen molar-refractivity contribution in [2.75, 3.05) is 11.4 Å². The molecule has 1 heterocycles. The van der Waals surface area contributed by atoms with Crippen LogP contribution in [0.4, 0.5) is 18.9 Å². The highest BCUT2D eigenvalue weighted by Crippen LogP contribution is 2.53. The van der Waals surface area contributed by atoms with Crippen LogP contribution < -0.4 is 4.90 Å². The number of carbonyl (C=O) groups is 1. The van der Waals surface area contributed by atoms with E-state index in [1.54, 1.807) is 12.1 Å². The molecular weight excluding hydrogens is 455 g/mol. The normalized spacial score (nSPS) is 18.2. The number of hydrogen-bond acceptors (Lipinski definition) is 3. The van der Waals surface area contributed by atoms with Crippen LogP contribution in [-0.2, 0) is 16.8 Å². The van der Waals surface area contributed by atoms with Crippen LogP contribution in [0, 0.1) is 0 Å². The number of anilines is 1. The second-order valence-corrected chi connectivity index (χ2v) is 8.99. The molecule has 0 fully saturated rings.